The van der Waals surface area contributed by atoms with Crippen molar-refractivity contribution >= 4 is 0 Å². The predicted octanol–water partition coefficient (Wildman–Crippen LogP) is 5.74. The Balaban J connectivity index is 1.34. The molecule has 0 aromatic heterocycles. The molecule has 3 fully saturated rings. The Labute approximate surface area is 155 Å². The topological polar surface area (TPSA) is 29.5 Å². The van der Waals surface area contributed by atoms with E-state index in [4.69, 9.17) is 4.74 Å². The van der Waals surface area contributed by atoms with Gasteiger partial charge in [0.1, 0.15) is 0 Å². The second-order valence-corrected chi connectivity index (χ2v) is 9.10. The Morgan fingerprint density at radius 2 is 1.40 bits per heavy atom. The van der Waals surface area contributed by atoms with Gasteiger partial charge in [-0.25, -0.2) is 0 Å². The van der Waals surface area contributed by atoms with Crippen LogP contribution >= 0.6 is 0 Å². The fourth-order valence-corrected chi connectivity index (χ4v) is 5.54. The summed E-state index contributed by atoms with van der Waals surface area (Å²) in [4.78, 5) is 0. The first-order valence-corrected chi connectivity index (χ1v) is 11.2. The van der Waals surface area contributed by atoms with Crippen LogP contribution in [0.5, 0.6) is 0 Å². The maximum atomic E-state index is 9.20. The molecule has 1 saturated heterocycles. The Morgan fingerprint density at radius 1 is 0.800 bits per heavy atom. The highest BCUT2D eigenvalue weighted by Gasteiger charge is 2.30. The largest absolute Gasteiger partial charge is 0.394 e. The molecular weight excluding hydrogens is 308 g/mol. The Bertz CT molecular complexity index is 381. The van der Waals surface area contributed by atoms with Crippen molar-refractivity contribution in [1.82, 2.24) is 0 Å². The first-order chi connectivity index (χ1) is 12.3. The summed E-state index contributed by atoms with van der Waals surface area (Å²) < 4.78 is 5.81. The van der Waals surface area contributed by atoms with Gasteiger partial charge in [-0.1, -0.05) is 31.9 Å². The highest BCUT2D eigenvalue weighted by Crippen LogP contribution is 2.39. The van der Waals surface area contributed by atoms with Crippen molar-refractivity contribution in [3.63, 3.8) is 0 Å². The third-order valence-electron chi connectivity index (χ3n) is 7.34. The van der Waals surface area contributed by atoms with Crippen LogP contribution in [-0.4, -0.2) is 24.4 Å². The van der Waals surface area contributed by atoms with Crippen molar-refractivity contribution in [2.45, 2.75) is 90.1 Å². The number of allylic oxidation sites excluding steroid dienone is 2. The molecule has 2 nitrogen and oxygen atoms in total. The molecule has 2 aliphatic carbocycles. The summed E-state index contributed by atoms with van der Waals surface area (Å²) in [5, 5.41) is 9.20. The smallest absolute Gasteiger partial charge is 0.0806 e. The minimum Gasteiger partial charge on any atom is -0.394 e. The van der Waals surface area contributed by atoms with Gasteiger partial charge in [-0.2, -0.15) is 0 Å². The van der Waals surface area contributed by atoms with Crippen LogP contribution in [-0.2, 0) is 4.74 Å². The van der Waals surface area contributed by atoms with Crippen LogP contribution in [0.1, 0.15) is 84.0 Å². The zero-order valence-electron chi connectivity index (χ0n) is 16.4. The quantitative estimate of drug-likeness (QED) is 0.620. The number of hydrogen-bond donors (Lipinski definition) is 1. The Morgan fingerprint density at radius 3 is 1.92 bits per heavy atom. The van der Waals surface area contributed by atoms with E-state index in [2.05, 4.69) is 19.1 Å². The lowest BCUT2D eigenvalue weighted by Gasteiger charge is -2.37. The maximum absolute atomic E-state index is 9.20. The second kappa shape index (κ2) is 10.1. The average molecular weight is 349 g/mol. The van der Waals surface area contributed by atoms with Gasteiger partial charge in [0.25, 0.3) is 0 Å². The second-order valence-electron chi connectivity index (χ2n) is 9.10. The van der Waals surface area contributed by atoms with Gasteiger partial charge in [-0.05, 0) is 93.8 Å². The molecule has 1 heterocycles. The summed E-state index contributed by atoms with van der Waals surface area (Å²) in [6.07, 6.45) is 21.7. The molecule has 3 aliphatic rings. The molecule has 2 saturated carbocycles. The van der Waals surface area contributed by atoms with Crippen molar-refractivity contribution in [3.8, 4) is 0 Å². The molecule has 144 valence electrons. The lowest BCUT2D eigenvalue weighted by molar-refractivity contribution is -0.0596. The average Bonchev–Trinajstić information content (AvgIpc) is 2.68. The number of aliphatic hydroxyl groups excluding tert-OH is 1. The van der Waals surface area contributed by atoms with E-state index in [9.17, 15) is 5.11 Å². The zero-order valence-corrected chi connectivity index (χ0v) is 16.4. The number of hydrogen-bond acceptors (Lipinski definition) is 2. The van der Waals surface area contributed by atoms with Crippen molar-refractivity contribution in [3.05, 3.63) is 12.2 Å². The van der Waals surface area contributed by atoms with E-state index in [1.807, 2.05) is 0 Å². The predicted molar refractivity (Wildman–Crippen MR) is 104 cm³/mol. The summed E-state index contributed by atoms with van der Waals surface area (Å²) >= 11 is 0. The van der Waals surface area contributed by atoms with Gasteiger partial charge in [0.2, 0.25) is 0 Å². The minimum atomic E-state index is 0.114. The van der Waals surface area contributed by atoms with E-state index < -0.39 is 0 Å². The molecule has 0 spiro atoms. The molecule has 2 unspecified atom stereocenters. The lowest BCUT2D eigenvalue weighted by atomic mass is 9.73. The third-order valence-corrected chi connectivity index (χ3v) is 7.34. The molecule has 25 heavy (non-hydrogen) atoms. The third kappa shape index (κ3) is 5.82. The number of aliphatic hydroxyl groups is 1. The van der Waals surface area contributed by atoms with Gasteiger partial charge in [-0.3, -0.25) is 0 Å². The first-order valence-electron chi connectivity index (χ1n) is 11.2. The molecule has 2 heteroatoms. The van der Waals surface area contributed by atoms with E-state index >= 15 is 0 Å². The summed E-state index contributed by atoms with van der Waals surface area (Å²) in [7, 11) is 0. The summed E-state index contributed by atoms with van der Waals surface area (Å²) in [6, 6.07) is 0. The highest BCUT2D eigenvalue weighted by atomic mass is 16.5. The van der Waals surface area contributed by atoms with Crippen molar-refractivity contribution < 1.29 is 9.84 Å². The molecule has 0 bridgehead atoms. The molecular formula is C23H40O2. The summed E-state index contributed by atoms with van der Waals surface area (Å²) in [5.41, 5.74) is 0. The van der Waals surface area contributed by atoms with Crippen LogP contribution < -0.4 is 0 Å². The Kier molecular flexibility index (Phi) is 7.86. The van der Waals surface area contributed by atoms with Gasteiger partial charge in [0.15, 0.2) is 0 Å². The number of ether oxygens (including phenoxy) is 1. The van der Waals surface area contributed by atoms with E-state index in [1.54, 1.807) is 0 Å². The highest BCUT2D eigenvalue weighted by molar-refractivity contribution is 4.96. The molecule has 1 aliphatic heterocycles. The van der Waals surface area contributed by atoms with Gasteiger partial charge in [0.05, 0.1) is 19.3 Å². The minimum absolute atomic E-state index is 0.114. The zero-order chi connectivity index (χ0) is 17.5. The molecule has 1 N–H and O–H groups in total. The van der Waals surface area contributed by atoms with E-state index in [0.29, 0.717) is 0 Å². The first kappa shape index (κ1) is 19.4. The van der Waals surface area contributed by atoms with E-state index in [1.165, 1.54) is 70.6 Å². The molecule has 0 aromatic carbocycles. The fraction of sp³-hybridized carbons (Fsp3) is 0.913. The standard InChI is InChI=1S/C23H40O2/c1-2-3-18-4-6-19(7-5-18)8-9-20-10-12-21(13-11-20)22-14-15-23(16-24)25-17-22/h8-9,18-24H,2-7,10-17H2,1H3/b9-8+. The van der Waals surface area contributed by atoms with E-state index in [-0.39, 0.29) is 12.7 Å². The van der Waals surface area contributed by atoms with Gasteiger partial charge >= 0.3 is 0 Å². The molecule has 0 amide bonds. The normalized spacial score (nSPS) is 40.4. The molecule has 3 rings (SSSR count). The molecule has 0 radical (unpaired) electrons. The van der Waals surface area contributed by atoms with E-state index in [0.717, 1.165) is 42.6 Å². The van der Waals surface area contributed by atoms with Crippen LogP contribution in [0.15, 0.2) is 12.2 Å². The Hall–Kier alpha value is -0.340. The SMILES string of the molecule is CCCC1CCC(/C=C/C2CCC(C3CCC(CO)OC3)CC2)CC1. The number of rotatable bonds is 6. The van der Waals surface area contributed by atoms with Crippen LogP contribution in [0.3, 0.4) is 0 Å². The molecule has 0 aromatic rings. The van der Waals surface area contributed by atoms with Gasteiger partial charge < -0.3 is 9.84 Å². The summed E-state index contributed by atoms with van der Waals surface area (Å²) in [5.74, 6) is 4.34. The maximum Gasteiger partial charge on any atom is 0.0806 e. The van der Waals surface area contributed by atoms with Gasteiger partial charge in [0, 0.05) is 0 Å². The molecule has 2 atom stereocenters. The van der Waals surface area contributed by atoms with Crippen molar-refractivity contribution in [2.75, 3.05) is 13.2 Å². The monoisotopic (exact) mass is 348 g/mol. The van der Waals surface area contributed by atoms with Crippen LogP contribution in [0.25, 0.3) is 0 Å². The lowest BCUT2D eigenvalue weighted by Crippen LogP contribution is -2.33. The van der Waals surface area contributed by atoms with Crippen LogP contribution in [0, 0.1) is 29.6 Å². The van der Waals surface area contributed by atoms with Gasteiger partial charge in [-0.15, -0.1) is 0 Å². The van der Waals surface area contributed by atoms with Crippen molar-refractivity contribution in [2.24, 2.45) is 29.6 Å². The van der Waals surface area contributed by atoms with Crippen LogP contribution in [0.4, 0.5) is 0 Å². The fourth-order valence-electron chi connectivity index (χ4n) is 5.54. The van der Waals surface area contributed by atoms with Crippen molar-refractivity contribution in [1.29, 1.82) is 0 Å². The summed E-state index contributed by atoms with van der Waals surface area (Å²) in [6.45, 7) is 3.41. The van der Waals surface area contributed by atoms with Crippen LogP contribution in [0.2, 0.25) is 0 Å².